The van der Waals surface area contributed by atoms with Gasteiger partial charge in [-0.3, -0.25) is 4.79 Å². The van der Waals surface area contributed by atoms with Crippen molar-refractivity contribution in [2.45, 2.75) is 18.8 Å². The zero-order valence-electron chi connectivity index (χ0n) is 16.6. The van der Waals surface area contributed by atoms with Crippen LogP contribution in [0.1, 0.15) is 34.9 Å². The van der Waals surface area contributed by atoms with Crippen molar-refractivity contribution in [1.82, 2.24) is 14.9 Å². The standard InChI is InChI=1S/C25H23N3O2/c29-25(19-7-6-10-21(17-19)30-20-8-2-1-3-9-20)28-15-13-18(14-16-28)24-26-22-11-4-5-12-23(22)27-24/h1-12,17-18H,13-16H2,(H,26,27). The minimum absolute atomic E-state index is 0.0524. The lowest BCUT2D eigenvalue weighted by Gasteiger charge is -2.31. The number of likely N-dealkylation sites (tertiary alicyclic amines) is 1. The molecule has 5 heteroatoms. The highest BCUT2D eigenvalue weighted by Crippen LogP contribution is 2.29. The number of imidazole rings is 1. The smallest absolute Gasteiger partial charge is 0.253 e. The molecule has 1 N–H and O–H groups in total. The van der Waals surface area contributed by atoms with Crippen molar-refractivity contribution in [3.8, 4) is 11.5 Å². The van der Waals surface area contributed by atoms with Crippen molar-refractivity contribution in [2.24, 2.45) is 0 Å². The molecule has 0 spiro atoms. The van der Waals surface area contributed by atoms with Crippen LogP contribution in [0.4, 0.5) is 0 Å². The Hall–Kier alpha value is -3.60. The predicted molar refractivity (Wildman–Crippen MR) is 117 cm³/mol. The third kappa shape index (κ3) is 3.79. The molecule has 5 rings (SSSR count). The molecular formula is C25H23N3O2. The number of rotatable bonds is 4. The van der Waals surface area contributed by atoms with Crippen molar-refractivity contribution in [3.63, 3.8) is 0 Å². The van der Waals surface area contributed by atoms with Gasteiger partial charge in [-0.1, -0.05) is 36.4 Å². The Morgan fingerprint density at radius 3 is 2.43 bits per heavy atom. The van der Waals surface area contributed by atoms with Gasteiger partial charge in [0.05, 0.1) is 11.0 Å². The summed E-state index contributed by atoms with van der Waals surface area (Å²) in [5, 5.41) is 0. The van der Waals surface area contributed by atoms with Gasteiger partial charge in [0.1, 0.15) is 17.3 Å². The molecule has 0 radical (unpaired) electrons. The van der Waals surface area contributed by atoms with Crippen LogP contribution in [0.25, 0.3) is 11.0 Å². The number of nitrogens with zero attached hydrogens (tertiary/aromatic N) is 2. The number of piperidine rings is 1. The number of nitrogens with one attached hydrogen (secondary N) is 1. The molecule has 1 aromatic heterocycles. The second kappa shape index (κ2) is 8.03. The van der Waals surface area contributed by atoms with Gasteiger partial charge in [-0.05, 0) is 55.3 Å². The Kier molecular flexibility index (Phi) is 4.93. The molecule has 0 unspecified atom stereocenters. The van der Waals surface area contributed by atoms with Crippen LogP contribution in [-0.4, -0.2) is 33.9 Å². The lowest BCUT2D eigenvalue weighted by atomic mass is 9.95. The predicted octanol–water partition coefficient (Wildman–Crippen LogP) is 5.38. The monoisotopic (exact) mass is 397 g/mol. The Bertz CT molecular complexity index is 1130. The van der Waals surface area contributed by atoms with Gasteiger partial charge in [0.25, 0.3) is 5.91 Å². The van der Waals surface area contributed by atoms with Crippen LogP contribution in [0.3, 0.4) is 0 Å². The Balaban J connectivity index is 1.25. The first kappa shape index (κ1) is 18.4. The van der Waals surface area contributed by atoms with Crippen LogP contribution in [0.2, 0.25) is 0 Å². The van der Waals surface area contributed by atoms with Crippen LogP contribution >= 0.6 is 0 Å². The zero-order chi connectivity index (χ0) is 20.3. The fourth-order valence-corrected chi connectivity index (χ4v) is 4.02. The molecular weight excluding hydrogens is 374 g/mol. The van der Waals surface area contributed by atoms with Crippen molar-refractivity contribution in [1.29, 1.82) is 0 Å². The molecule has 5 nitrogen and oxygen atoms in total. The molecule has 2 heterocycles. The highest BCUT2D eigenvalue weighted by atomic mass is 16.5. The van der Waals surface area contributed by atoms with Crippen LogP contribution in [0.15, 0.2) is 78.9 Å². The quantitative estimate of drug-likeness (QED) is 0.503. The number of amides is 1. The number of hydrogen-bond acceptors (Lipinski definition) is 3. The fraction of sp³-hybridized carbons (Fsp3) is 0.200. The minimum Gasteiger partial charge on any atom is -0.457 e. The maximum absolute atomic E-state index is 13.0. The number of aromatic amines is 1. The molecule has 1 fully saturated rings. The van der Waals surface area contributed by atoms with Gasteiger partial charge in [-0.25, -0.2) is 4.98 Å². The van der Waals surface area contributed by atoms with E-state index in [9.17, 15) is 4.79 Å². The van der Waals surface area contributed by atoms with Crippen molar-refractivity contribution >= 4 is 16.9 Å². The van der Waals surface area contributed by atoms with E-state index in [0.717, 1.165) is 48.5 Å². The highest BCUT2D eigenvalue weighted by molar-refractivity contribution is 5.94. The molecule has 150 valence electrons. The second-order valence-electron chi connectivity index (χ2n) is 7.65. The van der Waals surface area contributed by atoms with E-state index in [0.29, 0.717) is 17.2 Å². The lowest BCUT2D eigenvalue weighted by Crippen LogP contribution is -2.38. The molecule has 3 aromatic carbocycles. The van der Waals surface area contributed by atoms with Crippen molar-refractivity contribution < 1.29 is 9.53 Å². The molecule has 0 aliphatic carbocycles. The van der Waals surface area contributed by atoms with E-state index in [1.54, 1.807) is 0 Å². The summed E-state index contributed by atoms with van der Waals surface area (Å²) in [5.41, 5.74) is 2.73. The number of aromatic nitrogens is 2. The molecule has 0 saturated carbocycles. The maximum atomic E-state index is 13.0. The molecule has 1 saturated heterocycles. The summed E-state index contributed by atoms with van der Waals surface area (Å²) in [6.45, 7) is 1.45. The average Bonchev–Trinajstić information content (AvgIpc) is 3.24. The topological polar surface area (TPSA) is 58.2 Å². The Morgan fingerprint density at radius 1 is 0.900 bits per heavy atom. The SMILES string of the molecule is O=C(c1cccc(Oc2ccccc2)c1)N1CCC(c2nc3ccccc3[nH]2)CC1. The molecule has 30 heavy (non-hydrogen) atoms. The summed E-state index contributed by atoms with van der Waals surface area (Å²) < 4.78 is 5.88. The summed E-state index contributed by atoms with van der Waals surface area (Å²) in [6.07, 6.45) is 1.82. The van der Waals surface area contributed by atoms with E-state index < -0.39 is 0 Å². The first-order chi connectivity index (χ1) is 14.8. The van der Waals surface area contributed by atoms with Gasteiger partial charge < -0.3 is 14.6 Å². The summed E-state index contributed by atoms with van der Waals surface area (Å²) >= 11 is 0. The van der Waals surface area contributed by atoms with Gasteiger partial charge >= 0.3 is 0 Å². The van der Waals surface area contributed by atoms with Crippen molar-refractivity contribution in [3.05, 3.63) is 90.3 Å². The van der Waals surface area contributed by atoms with E-state index in [1.807, 2.05) is 77.7 Å². The molecule has 1 amide bonds. The normalized spacial score (nSPS) is 14.7. The molecule has 1 aliphatic rings. The largest absolute Gasteiger partial charge is 0.457 e. The maximum Gasteiger partial charge on any atom is 0.253 e. The Labute approximate surface area is 175 Å². The van der Waals surface area contributed by atoms with Gasteiger partial charge in [0.2, 0.25) is 0 Å². The lowest BCUT2D eigenvalue weighted by molar-refractivity contribution is 0.0711. The van der Waals surface area contributed by atoms with E-state index in [-0.39, 0.29) is 5.91 Å². The van der Waals surface area contributed by atoms with Gasteiger partial charge in [0.15, 0.2) is 0 Å². The van der Waals surface area contributed by atoms with E-state index in [1.165, 1.54) is 0 Å². The second-order valence-corrected chi connectivity index (χ2v) is 7.65. The molecule has 0 atom stereocenters. The summed E-state index contributed by atoms with van der Waals surface area (Å²) in [5.74, 6) is 2.87. The molecule has 4 aromatic rings. The molecule has 1 aliphatic heterocycles. The number of carbonyl (C=O) groups is 1. The van der Waals surface area contributed by atoms with Crippen LogP contribution in [0, 0.1) is 0 Å². The summed E-state index contributed by atoms with van der Waals surface area (Å²) in [6, 6.07) is 25.1. The van der Waals surface area contributed by atoms with E-state index >= 15 is 0 Å². The third-order valence-corrected chi connectivity index (χ3v) is 5.64. The number of ether oxygens (including phenoxy) is 1. The van der Waals surface area contributed by atoms with Crippen LogP contribution in [0.5, 0.6) is 11.5 Å². The number of hydrogen-bond donors (Lipinski definition) is 1. The zero-order valence-corrected chi connectivity index (χ0v) is 16.6. The number of benzene rings is 3. The van der Waals surface area contributed by atoms with E-state index in [2.05, 4.69) is 11.1 Å². The summed E-state index contributed by atoms with van der Waals surface area (Å²) in [7, 11) is 0. The van der Waals surface area contributed by atoms with Gasteiger partial charge in [-0.15, -0.1) is 0 Å². The Morgan fingerprint density at radius 2 is 1.63 bits per heavy atom. The highest BCUT2D eigenvalue weighted by Gasteiger charge is 2.26. The minimum atomic E-state index is 0.0524. The number of H-pyrrole nitrogens is 1. The average molecular weight is 397 g/mol. The fourth-order valence-electron chi connectivity index (χ4n) is 4.02. The van der Waals surface area contributed by atoms with Crippen molar-refractivity contribution in [2.75, 3.05) is 13.1 Å². The third-order valence-electron chi connectivity index (χ3n) is 5.64. The van der Waals surface area contributed by atoms with E-state index in [4.69, 9.17) is 9.72 Å². The first-order valence-electron chi connectivity index (χ1n) is 10.3. The molecule has 0 bridgehead atoms. The summed E-state index contributed by atoms with van der Waals surface area (Å²) in [4.78, 5) is 23.1. The van der Waals surface area contributed by atoms with Gasteiger partial charge in [-0.2, -0.15) is 0 Å². The van der Waals surface area contributed by atoms with Gasteiger partial charge in [0, 0.05) is 24.6 Å². The first-order valence-corrected chi connectivity index (χ1v) is 10.3. The van der Waals surface area contributed by atoms with Crippen LogP contribution < -0.4 is 4.74 Å². The number of carbonyl (C=O) groups excluding carboxylic acids is 1. The number of fused-ring (bicyclic) bond motifs is 1. The van der Waals surface area contributed by atoms with Crippen LogP contribution in [-0.2, 0) is 0 Å². The number of para-hydroxylation sites is 3.